The molecule has 0 aromatic carbocycles. The Balaban J connectivity index is 2.22. The number of aryl methyl sites for hydroxylation is 1. The zero-order valence-electron chi connectivity index (χ0n) is 10.6. The van der Waals surface area contributed by atoms with E-state index < -0.39 is 17.7 Å². The summed E-state index contributed by atoms with van der Waals surface area (Å²) in [5.41, 5.74) is -0.677. The Kier molecular flexibility index (Phi) is 4.16. The zero-order chi connectivity index (χ0) is 15.6. The summed E-state index contributed by atoms with van der Waals surface area (Å²) in [7, 11) is 1.56. The van der Waals surface area contributed by atoms with Crippen LogP contribution in [0.3, 0.4) is 0 Å². The second-order valence-corrected chi connectivity index (χ2v) is 4.90. The third-order valence-electron chi connectivity index (χ3n) is 2.37. The van der Waals surface area contributed by atoms with Crippen molar-refractivity contribution in [3.63, 3.8) is 0 Å². The van der Waals surface area contributed by atoms with E-state index in [0.29, 0.717) is 11.4 Å². The molecule has 2 aromatic heterocycles. The second kappa shape index (κ2) is 5.72. The lowest BCUT2D eigenvalue weighted by Crippen LogP contribution is -2.05. The summed E-state index contributed by atoms with van der Waals surface area (Å²) in [6, 6.07) is 2.06. The highest BCUT2D eigenvalue weighted by Crippen LogP contribution is 2.29. The predicted octanol–water partition coefficient (Wildman–Crippen LogP) is 2.07. The van der Waals surface area contributed by atoms with Gasteiger partial charge in [-0.15, -0.1) is 5.10 Å². The van der Waals surface area contributed by atoms with Crippen molar-refractivity contribution >= 4 is 17.7 Å². The molecule has 0 aliphatic carbocycles. The van der Waals surface area contributed by atoms with E-state index in [0.717, 1.165) is 17.8 Å². The molecule has 1 N–H and O–H groups in total. The SMILES string of the molecule is Cn1nc(-c2ccc(C(F)(F)F)cn2)nc1SCC(=O)O. The van der Waals surface area contributed by atoms with Gasteiger partial charge in [0, 0.05) is 13.2 Å². The third kappa shape index (κ3) is 3.72. The molecule has 0 fully saturated rings. The van der Waals surface area contributed by atoms with Crippen molar-refractivity contribution in [3.05, 3.63) is 23.9 Å². The number of hydrogen-bond acceptors (Lipinski definition) is 5. The molecule has 0 saturated heterocycles. The van der Waals surface area contributed by atoms with Gasteiger partial charge in [0.1, 0.15) is 5.69 Å². The van der Waals surface area contributed by atoms with E-state index in [4.69, 9.17) is 5.11 Å². The van der Waals surface area contributed by atoms with E-state index in [2.05, 4.69) is 15.1 Å². The minimum absolute atomic E-state index is 0.138. The van der Waals surface area contributed by atoms with E-state index in [1.54, 1.807) is 7.05 Å². The van der Waals surface area contributed by atoms with Crippen molar-refractivity contribution < 1.29 is 23.1 Å². The van der Waals surface area contributed by atoms with Gasteiger partial charge in [0.05, 0.1) is 11.3 Å². The molecule has 21 heavy (non-hydrogen) atoms. The molecule has 0 spiro atoms. The molecule has 2 aromatic rings. The van der Waals surface area contributed by atoms with Crippen LogP contribution in [0.1, 0.15) is 5.56 Å². The molecule has 0 radical (unpaired) electrons. The lowest BCUT2D eigenvalue weighted by molar-refractivity contribution is -0.138. The average Bonchev–Trinajstić information content (AvgIpc) is 2.77. The quantitative estimate of drug-likeness (QED) is 0.869. The summed E-state index contributed by atoms with van der Waals surface area (Å²) in [5.74, 6) is -1.05. The fraction of sp³-hybridized carbons (Fsp3) is 0.273. The average molecular weight is 318 g/mol. The molecule has 2 heterocycles. The monoisotopic (exact) mass is 318 g/mol. The molecule has 10 heteroatoms. The molecule has 0 saturated carbocycles. The van der Waals surface area contributed by atoms with Crippen molar-refractivity contribution in [2.75, 3.05) is 5.75 Å². The number of thioether (sulfide) groups is 1. The lowest BCUT2D eigenvalue weighted by atomic mass is 10.2. The van der Waals surface area contributed by atoms with Crippen molar-refractivity contribution in [1.82, 2.24) is 19.7 Å². The first kappa shape index (κ1) is 15.3. The van der Waals surface area contributed by atoms with Crippen LogP contribution >= 0.6 is 11.8 Å². The normalized spacial score (nSPS) is 11.6. The van der Waals surface area contributed by atoms with Crippen LogP contribution in [0.5, 0.6) is 0 Å². The van der Waals surface area contributed by atoms with Crippen molar-refractivity contribution in [3.8, 4) is 11.5 Å². The summed E-state index contributed by atoms with van der Waals surface area (Å²) in [5, 5.41) is 12.9. The Labute approximate surface area is 121 Å². The van der Waals surface area contributed by atoms with Crippen LogP contribution < -0.4 is 0 Å². The first-order valence-electron chi connectivity index (χ1n) is 5.56. The number of rotatable bonds is 4. The van der Waals surface area contributed by atoms with Crippen LogP contribution in [0.25, 0.3) is 11.5 Å². The van der Waals surface area contributed by atoms with Gasteiger partial charge in [-0.2, -0.15) is 18.2 Å². The molecule has 6 nitrogen and oxygen atoms in total. The predicted molar refractivity (Wildman–Crippen MR) is 67.6 cm³/mol. The zero-order valence-corrected chi connectivity index (χ0v) is 11.4. The van der Waals surface area contributed by atoms with E-state index in [9.17, 15) is 18.0 Å². The number of carboxylic acid groups (broad SMARTS) is 1. The largest absolute Gasteiger partial charge is 0.481 e. The molecule has 2 rings (SSSR count). The van der Waals surface area contributed by atoms with E-state index in [1.165, 1.54) is 10.7 Å². The number of aromatic nitrogens is 4. The van der Waals surface area contributed by atoms with Crippen LogP contribution in [-0.4, -0.2) is 36.6 Å². The van der Waals surface area contributed by atoms with Crippen molar-refractivity contribution in [2.45, 2.75) is 11.3 Å². The minimum atomic E-state index is -4.45. The van der Waals surface area contributed by atoms with Crippen molar-refractivity contribution in [2.24, 2.45) is 7.05 Å². The third-order valence-corrected chi connectivity index (χ3v) is 3.37. The summed E-state index contributed by atoms with van der Waals surface area (Å²) < 4.78 is 38.6. The fourth-order valence-corrected chi connectivity index (χ4v) is 2.06. The van der Waals surface area contributed by atoms with Gasteiger partial charge in [-0.3, -0.25) is 9.78 Å². The highest BCUT2D eigenvalue weighted by molar-refractivity contribution is 7.99. The number of halogens is 3. The van der Waals surface area contributed by atoms with E-state index in [1.807, 2.05) is 0 Å². The Morgan fingerprint density at radius 1 is 1.43 bits per heavy atom. The first-order chi connectivity index (χ1) is 9.77. The molecule has 0 aliphatic heterocycles. The number of nitrogens with zero attached hydrogens (tertiary/aromatic N) is 4. The topological polar surface area (TPSA) is 80.9 Å². The number of pyridine rings is 1. The molecule has 0 amide bonds. The van der Waals surface area contributed by atoms with Crippen LogP contribution in [0.15, 0.2) is 23.5 Å². The van der Waals surface area contributed by atoms with Gasteiger partial charge < -0.3 is 5.11 Å². The van der Waals surface area contributed by atoms with Crippen LogP contribution in [0, 0.1) is 0 Å². The van der Waals surface area contributed by atoms with Gasteiger partial charge in [-0.05, 0) is 12.1 Å². The summed E-state index contributed by atoms with van der Waals surface area (Å²) in [6.45, 7) is 0. The van der Waals surface area contributed by atoms with Gasteiger partial charge in [-0.25, -0.2) is 4.68 Å². The summed E-state index contributed by atoms with van der Waals surface area (Å²) in [4.78, 5) is 18.2. The molecular formula is C11H9F3N4O2S. The standard InChI is InChI=1S/C11H9F3N4O2S/c1-18-10(21-5-8(19)20)16-9(17-18)7-3-2-6(4-15-7)11(12,13)14/h2-4H,5H2,1H3,(H,19,20). The fourth-order valence-electron chi connectivity index (χ4n) is 1.42. The van der Waals surface area contributed by atoms with Gasteiger partial charge in [0.25, 0.3) is 0 Å². The number of carbonyl (C=O) groups is 1. The van der Waals surface area contributed by atoms with Crippen LogP contribution in [-0.2, 0) is 18.0 Å². The number of hydrogen-bond donors (Lipinski definition) is 1. The van der Waals surface area contributed by atoms with Gasteiger partial charge >= 0.3 is 12.1 Å². The Bertz CT molecular complexity index is 654. The minimum Gasteiger partial charge on any atom is -0.481 e. The molecule has 112 valence electrons. The van der Waals surface area contributed by atoms with Crippen LogP contribution in [0.4, 0.5) is 13.2 Å². The first-order valence-corrected chi connectivity index (χ1v) is 6.55. The number of aliphatic carboxylic acids is 1. The molecule has 0 aliphatic rings. The number of carboxylic acids is 1. The van der Waals surface area contributed by atoms with Gasteiger partial charge in [0.15, 0.2) is 5.16 Å². The molecular weight excluding hydrogens is 309 g/mol. The molecule has 0 bridgehead atoms. The van der Waals surface area contributed by atoms with Crippen molar-refractivity contribution in [1.29, 1.82) is 0 Å². The van der Waals surface area contributed by atoms with E-state index in [-0.39, 0.29) is 17.3 Å². The maximum Gasteiger partial charge on any atom is 0.417 e. The van der Waals surface area contributed by atoms with Gasteiger partial charge in [-0.1, -0.05) is 11.8 Å². The van der Waals surface area contributed by atoms with E-state index >= 15 is 0 Å². The Morgan fingerprint density at radius 2 is 2.14 bits per heavy atom. The Hall–Kier alpha value is -2.10. The summed E-state index contributed by atoms with van der Waals surface area (Å²) >= 11 is 0.960. The second-order valence-electron chi connectivity index (χ2n) is 3.95. The van der Waals surface area contributed by atoms with Crippen LogP contribution in [0.2, 0.25) is 0 Å². The molecule has 0 atom stereocenters. The Morgan fingerprint density at radius 3 is 2.67 bits per heavy atom. The number of alkyl halides is 3. The maximum atomic E-state index is 12.4. The highest BCUT2D eigenvalue weighted by Gasteiger charge is 2.30. The smallest absolute Gasteiger partial charge is 0.417 e. The lowest BCUT2D eigenvalue weighted by Gasteiger charge is -2.05. The maximum absolute atomic E-state index is 12.4. The summed E-state index contributed by atoms with van der Waals surface area (Å²) in [6.07, 6.45) is -3.75. The van der Waals surface area contributed by atoms with Gasteiger partial charge in [0.2, 0.25) is 5.82 Å². The molecule has 0 unspecified atom stereocenters. The highest BCUT2D eigenvalue weighted by atomic mass is 32.2.